The van der Waals surface area contributed by atoms with Crippen LogP contribution in [0, 0.1) is 5.41 Å². The zero-order valence-electron chi connectivity index (χ0n) is 12.1. The molecule has 1 rings (SSSR count). The van der Waals surface area contributed by atoms with E-state index in [-0.39, 0.29) is 18.0 Å². The number of aliphatic hydroxyl groups is 1. The Kier molecular flexibility index (Phi) is 5.82. The first kappa shape index (κ1) is 16.0. The summed E-state index contributed by atoms with van der Waals surface area (Å²) in [5.41, 5.74) is -0.225. The quantitative estimate of drug-likeness (QED) is 0.778. The second-order valence-electron chi connectivity index (χ2n) is 5.89. The highest BCUT2D eigenvalue weighted by Gasteiger charge is 2.22. The molecular formula is C14H24N2O2S. The second kappa shape index (κ2) is 6.91. The molecule has 0 aromatic carbocycles. The van der Waals surface area contributed by atoms with Crippen LogP contribution in [-0.4, -0.2) is 30.3 Å². The van der Waals surface area contributed by atoms with Crippen LogP contribution in [0.2, 0.25) is 0 Å². The molecule has 2 unspecified atom stereocenters. The predicted molar refractivity (Wildman–Crippen MR) is 79.6 cm³/mol. The van der Waals surface area contributed by atoms with Crippen LogP contribution in [0.15, 0.2) is 17.5 Å². The van der Waals surface area contributed by atoms with Crippen LogP contribution < -0.4 is 10.6 Å². The molecule has 5 heteroatoms. The fourth-order valence-corrected chi connectivity index (χ4v) is 2.26. The maximum absolute atomic E-state index is 11.6. The van der Waals surface area contributed by atoms with E-state index in [0.717, 1.165) is 0 Å². The lowest BCUT2D eigenvalue weighted by Gasteiger charge is -2.26. The van der Waals surface area contributed by atoms with E-state index < -0.39 is 6.10 Å². The highest BCUT2D eigenvalue weighted by Crippen LogP contribution is 2.19. The molecule has 0 saturated heterocycles. The van der Waals surface area contributed by atoms with Gasteiger partial charge < -0.3 is 15.7 Å². The summed E-state index contributed by atoms with van der Waals surface area (Å²) in [6.45, 7) is 8.76. The zero-order chi connectivity index (χ0) is 14.5. The first-order chi connectivity index (χ1) is 8.80. The monoisotopic (exact) mass is 284 g/mol. The number of urea groups is 1. The van der Waals surface area contributed by atoms with Crippen molar-refractivity contribution in [2.75, 3.05) is 13.1 Å². The van der Waals surface area contributed by atoms with Crippen LogP contribution in [0.5, 0.6) is 0 Å². The fraction of sp³-hybridized carbons (Fsp3) is 0.643. The molecule has 2 amide bonds. The van der Waals surface area contributed by atoms with Gasteiger partial charge in [0.1, 0.15) is 0 Å². The van der Waals surface area contributed by atoms with E-state index in [1.165, 1.54) is 4.88 Å². The fourth-order valence-electron chi connectivity index (χ4n) is 1.48. The van der Waals surface area contributed by atoms with Gasteiger partial charge in [-0.3, -0.25) is 0 Å². The highest BCUT2D eigenvalue weighted by molar-refractivity contribution is 7.10. The molecule has 0 aliphatic rings. The van der Waals surface area contributed by atoms with Gasteiger partial charge in [0.05, 0.1) is 6.10 Å². The lowest BCUT2D eigenvalue weighted by molar-refractivity contribution is 0.0650. The summed E-state index contributed by atoms with van der Waals surface area (Å²) in [6, 6.07) is 3.85. The van der Waals surface area contributed by atoms with Crippen molar-refractivity contribution in [3.05, 3.63) is 22.4 Å². The largest absolute Gasteiger partial charge is 0.391 e. The minimum absolute atomic E-state index is 0.225. The summed E-state index contributed by atoms with van der Waals surface area (Å²) >= 11 is 1.69. The molecule has 3 N–H and O–H groups in total. The summed E-state index contributed by atoms with van der Waals surface area (Å²) in [6.07, 6.45) is -0.548. The van der Waals surface area contributed by atoms with Crippen molar-refractivity contribution in [1.82, 2.24) is 10.6 Å². The molecule has 0 radical (unpaired) electrons. The molecule has 1 aromatic rings. The van der Waals surface area contributed by atoms with Crippen LogP contribution in [0.3, 0.4) is 0 Å². The van der Waals surface area contributed by atoms with E-state index in [4.69, 9.17) is 0 Å². The molecule has 2 atom stereocenters. The molecule has 0 spiro atoms. The van der Waals surface area contributed by atoms with Gasteiger partial charge >= 0.3 is 6.03 Å². The van der Waals surface area contributed by atoms with Crippen molar-refractivity contribution < 1.29 is 9.90 Å². The SMILES string of the molecule is CC(CNC(=O)NCC(O)C(C)(C)C)c1cccs1. The first-order valence-electron chi connectivity index (χ1n) is 6.54. The minimum atomic E-state index is -0.548. The Bertz CT molecular complexity index is 385. The third kappa shape index (κ3) is 5.61. The van der Waals surface area contributed by atoms with E-state index in [0.29, 0.717) is 12.5 Å². The van der Waals surface area contributed by atoms with Gasteiger partial charge in [-0.2, -0.15) is 0 Å². The van der Waals surface area contributed by atoms with E-state index >= 15 is 0 Å². The van der Waals surface area contributed by atoms with Crippen molar-refractivity contribution in [3.8, 4) is 0 Å². The van der Waals surface area contributed by atoms with Crippen molar-refractivity contribution >= 4 is 17.4 Å². The standard InChI is InChI=1S/C14H24N2O2S/c1-10(11-6-5-7-19-11)8-15-13(18)16-9-12(17)14(2,3)4/h5-7,10,12,17H,8-9H2,1-4H3,(H2,15,16,18). The number of amides is 2. The maximum atomic E-state index is 11.6. The Morgan fingerprint density at radius 1 is 1.37 bits per heavy atom. The van der Waals surface area contributed by atoms with Gasteiger partial charge in [-0.15, -0.1) is 11.3 Å². The van der Waals surface area contributed by atoms with Gasteiger partial charge in [0, 0.05) is 23.9 Å². The lowest BCUT2D eigenvalue weighted by Crippen LogP contribution is -2.44. The number of aliphatic hydroxyl groups excluding tert-OH is 1. The van der Waals surface area contributed by atoms with Gasteiger partial charge in [-0.25, -0.2) is 4.79 Å². The molecular weight excluding hydrogens is 260 g/mol. The third-order valence-corrected chi connectivity index (χ3v) is 4.16. The van der Waals surface area contributed by atoms with Crippen LogP contribution >= 0.6 is 11.3 Å². The summed E-state index contributed by atoms with van der Waals surface area (Å²) in [5, 5.41) is 17.4. The number of hydrogen-bond donors (Lipinski definition) is 3. The second-order valence-corrected chi connectivity index (χ2v) is 6.87. The van der Waals surface area contributed by atoms with E-state index in [9.17, 15) is 9.90 Å². The summed E-state index contributed by atoms with van der Waals surface area (Å²) in [7, 11) is 0. The van der Waals surface area contributed by atoms with Crippen LogP contribution in [-0.2, 0) is 0 Å². The first-order valence-corrected chi connectivity index (χ1v) is 7.42. The van der Waals surface area contributed by atoms with Gasteiger partial charge in [0.15, 0.2) is 0 Å². The highest BCUT2D eigenvalue weighted by atomic mass is 32.1. The lowest BCUT2D eigenvalue weighted by atomic mass is 9.89. The van der Waals surface area contributed by atoms with Crippen molar-refractivity contribution in [1.29, 1.82) is 0 Å². The molecule has 4 nitrogen and oxygen atoms in total. The predicted octanol–water partition coefficient (Wildman–Crippen LogP) is 2.56. The Morgan fingerprint density at radius 3 is 2.53 bits per heavy atom. The summed E-state index contributed by atoms with van der Waals surface area (Å²) < 4.78 is 0. The zero-order valence-corrected chi connectivity index (χ0v) is 12.9. The molecule has 108 valence electrons. The van der Waals surface area contributed by atoms with E-state index in [1.54, 1.807) is 11.3 Å². The smallest absolute Gasteiger partial charge is 0.314 e. The molecule has 19 heavy (non-hydrogen) atoms. The Hall–Kier alpha value is -1.07. The number of nitrogens with one attached hydrogen (secondary N) is 2. The molecule has 0 fully saturated rings. The van der Waals surface area contributed by atoms with Crippen LogP contribution in [0.4, 0.5) is 4.79 Å². The Balaban J connectivity index is 2.25. The van der Waals surface area contributed by atoms with Crippen LogP contribution in [0.25, 0.3) is 0 Å². The number of hydrogen-bond acceptors (Lipinski definition) is 3. The minimum Gasteiger partial charge on any atom is -0.391 e. The number of carbonyl (C=O) groups is 1. The normalized spacial score (nSPS) is 14.8. The Morgan fingerprint density at radius 2 is 2.00 bits per heavy atom. The van der Waals surface area contributed by atoms with E-state index in [1.807, 2.05) is 32.2 Å². The molecule has 1 heterocycles. The van der Waals surface area contributed by atoms with Gasteiger partial charge in [0.2, 0.25) is 0 Å². The molecule has 0 bridgehead atoms. The number of thiophene rings is 1. The third-order valence-electron chi connectivity index (χ3n) is 3.05. The molecule has 1 aromatic heterocycles. The van der Waals surface area contributed by atoms with Crippen LogP contribution in [0.1, 0.15) is 38.5 Å². The number of rotatable bonds is 5. The molecule has 0 aliphatic heterocycles. The summed E-state index contributed by atoms with van der Waals surface area (Å²) in [4.78, 5) is 12.9. The van der Waals surface area contributed by atoms with Gasteiger partial charge in [-0.1, -0.05) is 33.8 Å². The molecule has 0 saturated carbocycles. The van der Waals surface area contributed by atoms with Gasteiger partial charge in [0.25, 0.3) is 0 Å². The average Bonchev–Trinajstić information content (AvgIpc) is 2.85. The van der Waals surface area contributed by atoms with Gasteiger partial charge in [-0.05, 0) is 16.9 Å². The topological polar surface area (TPSA) is 61.4 Å². The van der Waals surface area contributed by atoms with Crippen molar-refractivity contribution in [2.24, 2.45) is 5.41 Å². The number of carbonyl (C=O) groups excluding carboxylic acids is 1. The van der Waals surface area contributed by atoms with E-state index in [2.05, 4.69) is 23.6 Å². The summed E-state index contributed by atoms with van der Waals surface area (Å²) in [5.74, 6) is 0.304. The van der Waals surface area contributed by atoms with Crippen molar-refractivity contribution in [3.63, 3.8) is 0 Å². The Labute approximate surface area is 119 Å². The van der Waals surface area contributed by atoms with Crippen molar-refractivity contribution in [2.45, 2.75) is 39.7 Å². The average molecular weight is 284 g/mol. The maximum Gasteiger partial charge on any atom is 0.314 e. The molecule has 0 aliphatic carbocycles.